The molecule has 1 aromatic carbocycles. The highest BCUT2D eigenvalue weighted by atomic mass is 19.1. The van der Waals surface area contributed by atoms with Crippen molar-refractivity contribution in [3.63, 3.8) is 0 Å². The Labute approximate surface area is 123 Å². The topological polar surface area (TPSA) is 49.6 Å². The van der Waals surface area contributed by atoms with Gasteiger partial charge >= 0.3 is 0 Å². The Morgan fingerprint density at radius 2 is 2.19 bits per heavy atom. The Bertz CT molecular complexity index is 536. The number of carbonyl (C=O) groups excluding carboxylic acids is 1. The minimum absolute atomic E-state index is 0.218. The predicted molar refractivity (Wildman–Crippen MR) is 78.0 cm³/mol. The van der Waals surface area contributed by atoms with Crippen molar-refractivity contribution in [2.45, 2.75) is 25.8 Å². The van der Waals surface area contributed by atoms with Crippen LogP contribution in [-0.2, 0) is 0 Å². The molecule has 116 valence electrons. The van der Waals surface area contributed by atoms with Gasteiger partial charge < -0.3 is 10.6 Å². The molecule has 1 aliphatic heterocycles. The van der Waals surface area contributed by atoms with Gasteiger partial charge in [-0.2, -0.15) is 0 Å². The average Bonchev–Trinajstić information content (AvgIpc) is 2.90. The summed E-state index contributed by atoms with van der Waals surface area (Å²) in [5.41, 5.74) is 4.62. The van der Waals surface area contributed by atoms with Gasteiger partial charge in [-0.1, -0.05) is 6.92 Å². The van der Waals surface area contributed by atoms with E-state index >= 15 is 0 Å². The predicted octanol–water partition coefficient (Wildman–Crippen LogP) is 2.10. The molecule has 1 saturated heterocycles. The summed E-state index contributed by atoms with van der Waals surface area (Å²) in [5, 5.41) is 0. The third kappa shape index (κ3) is 3.15. The van der Waals surface area contributed by atoms with E-state index in [4.69, 9.17) is 5.73 Å². The Hall–Kier alpha value is -1.69. The Kier molecular flexibility index (Phi) is 4.77. The third-order valence-electron chi connectivity index (χ3n) is 4.07. The lowest BCUT2D eigenvalue weighted by Crippen LogP contribution is -2.41. The van der Waals surface area contributed by atoms with Crippen molar-refractivity contribution in [2.75, 3.05) is 32.4 Å². The molecule has 1 atom stereocenters. The number of carbonyl (C=O) groups is 1. The SMILES string of the molecule is CCN1CCCC1CN(C)C(=O)c1c(F)ccc(N)c1F. The first kappa shape index (κ1) is 15.7. The molecule has 1 amide bonds. The summed E-state index contributed by atoms with van der Waals surface area (Å²) in [6, 6.07) is 2.39. The fourth-order valence-electron chi connectivity index (χ4n) is 2.87. The summed E-state index contributed by atoms with van der Waals surface area (Å²) in [6.07, 6.45) is 2.08. The van der Waals surface area contributed by atoms with Crippen molar-refractivity contribution in [3.05, 3.63) is 29.3 Å². The molecule has 2 rings (SSSR count). The summed E-state index contributed by atoms with van der Waals surface area (Å²) in [5.74, 6) is -2.52. The number of nitrogens with zero attached hydrogens (tertiary/aromatic N) is 2. The molecule has 0 saturated carbocycles. The maximum atomic E-state index is 13.9. The van der Waals surface area contributed by atoms with Gasteiger partial charge in [-0.3, -0.25) is 9.69 Å². The van der Waals surface area contributed by atoms with Crippen LogP contribution in [0.4, 0.5) is 14.5 Å². The summed E-state index contributed by atoms with van der Waals surface area (Å²) in [4.78, 5) is 15.9. The number of hydrogen-bond donors (Lipinski definition) is 1. The van der Waals surface area contributed by atoms with E-state index in [0.29, 0.717) is 6.54 Å². The number of halogens is 2. The number of nitrogen functional groups attached to an aromatic ring is 1. The highest BCUT2D eigenvalue weighted by Crippen LogP contribution is 2.22. The fourth-order valence-corrected chi connectivity index (χ4v) is 2.87. The van der Waals surface area contributed by atoms with E-state index in [2.05, 4.69) is 11.8 Å². The average molecular weight is 297 g/mol. The molecule has 2 N–H and O–H groups in total. The molecule has 6 heteroatoms. The van der Waals surface area contributed by atoms with E-state index in [1.54, 1.807) is 7.05 Å². The number of nitrogens with two attached hydrogens (primary N) is 1. The second-order valence-electron chi connectivity index (χ2n) is 5.44. The van der Waals surface area contributed by atoms with E-state index in [0.717, 1.165) is 38.1 Å². The van der Waals surface area contributed by atoms with Crippen molar-refractivity contribution in [1.82, 2.24) is 9.80 Å². The molecule has 21 heavy (non-hydrogen) atoms. The lowest BCUT2D eigenvalue weighted by atomic mass is 10.1. The molecular weight excluding hydrogens is 276 g/mol. The van der Waals surface area contributed by atoms with Crippen LogP contribution in [-0.4, -0.2) is 48.4 Å². The van der Waals surface area contributed by atoms with Crippen LogP contribution in [0.1, 0.15) is 30.1 Å². The smallest absolute Gasteiger partial charge is 0.259 e. The van der Waals surface area contributed by atoms with Crippen LogP contribution in [0.25, 0.3) is 0 Å². The third-order valence-corrected chi connectivity index (χ3v) is 4.07. The number of rotatable bonds is 4. The monoisotopic (exact) mass is 297 g/mol. The maximum Gasteiger partial charge on any atom is 0.259 e. The number of likely N-dealkylation sites (N-methyl/N-ethyl adjacent to an activating group) is 2. The second kappa shape index (κ2) is 6.39. The van der Waals surface area contributed by atoms with E-state index in [1.807, 2.05) is 0 Å². The molecule has 1 fully saturated rings. The van der Waals surface area contributed by atoms with E-state index in [1.165, 1.54) is 4.90 Å². The fraction of sp³-hybridized carbons (Fsp3) is 0.533. The Morgan fingerprint density at radius 1 is 1.48 bits per heavy atom. The van der Waals surface area contributed by atoms with Crippen LogP contribution in [0.2, 0.25) is 0 Å². The molecule has 4 nitrogen and oxygen atoms in total. The van der Waals surface area contributed by atoms with Crippen LogP contribution < -0.4 is 5.73 Å². The van der Waals surface area contributed by atoms with E-state index in [9.17, 15) is 13.6 Å². The van der Waals surface area contributed by atoms with Crippen molar-refractivity contribution in [1.29, 1.82) is 0 Å². The molecule has 0 bridgehead atoms. The highest BCUT2D eigenvalue weighted by molar-refractivity contribution is 5.95. The summed E-state index contributed by atoms with van der Waals surface area (Å²) < 4.78 is 27.7. The normalized spacial score (nSPS) is 19.0. The molecule has 0 aromatic heterocycles. The van der Waals surface area contributed by atoms with Crippen molar-refractivity contribution < 1.29 is 13.6 Å². The summed E-state index contributed by atoms with van der Waals surface area (Å²) in [7, 11) is 1.57. The second-order valence-corrected chi connectivity index (χ2v) is 5.44. The summed E-state index contributed by atoms with van der Waals surface area (Å²) in [6.45, 7) is 4.44. The quantitative estimate of drug-likeness (QED) is 0.866. The first-order chi connectivity index (χ1) is 9.95. The van der Waals surface area contributed by atoms with Crippen LogP contribution in [0, 0.1) is 11.6 Å². The number of amides is 1. The zero-order valence-corrected chi connectivity index (χ0v) is 12.4. The lowest BCUT2D eigenvalue weighted by molar-refractivity contribution is 0.0745. The zero-order valence-electron chi connectivity index (χ0n) is 12.4. The minimum Gasteiger partial charge on any atom is -0.396 e. The lowest BCUT2D eigenvalue weighted by Gasteiger charge is -2.28. The molecule has 1 aliphatic rings. The Morgan fingerprint density at radius 3 is 2.86 bits per heavy atom. The van der Waals surface area contributed by atoms with Crippen LogP contribution >= 0.6 is 0 Å². The molecule has 1 aromatic rings. The van der Waals surface area contributed by atoms with Crippen LogP contribution in [0.15, 0.2) is 12.1 Å². The highest BCUT2D eigenvalue weighted by Gasteiger charge is 2.28. The number of anilines is 1. The van der Waals surface area contributed by atoms with Gasteiger partial charge in [-0.05, 0) is 38.1 Å². The van der Waals surface area contributed by atoms with Gasteiger partial charge in [0.2, 0.25) is 0 Å². The molecule has 0 aliphatic carbocycles. The number of hydrogen-bond acceptors (Lipinski definition) is 3. The van der Waals surface area contributed by atoms with Crippen molar-refractivity contribution >= 4 is 11.6 Å². The van der Waals surface area contributed by atoms with Gasteiger partial charge in [-0.25, -0.2) is 8.78 Å². The maximum absolute atomic E-state index is 13.9. The summed E-state index contributed by atoms with van der Waals surface area (Å²) >= 11 is 0. The van der Waals surface area contributed by atoms with Crippen molar-refractivity contribution in [2.24, 2.45) is 0 Å². The van der Waals surface area contributed by atoms with Crippen LogP contribution in [0.5, 0.6) is 0 Å². The van der Waals surface area contributed by atoms with Crippen molar-refractivity contribution in [3.8, 4) is 0 Å². The molecular formula is C15H21F2N3O. The van der Waals surface area contributed by atoms with E-state index < -0.39 is 23.1 Å². The van der Waals surface area contributed by atoms with Crippen LogP contribution in [0.3, 0.4) is 0 Å². The molecule has 0 spiro atoms. The molecule has 1 heterocycles. The standard InChI is InChI=1S/C15H21F2N3O/c1-3-20-8-4-5-10(20)9-19(2)15(21)13-11(16)6-7-12(18)14(13)17/h6-7,10H,3-5,8-9,18H2,1-2H3. The van der Waals surface area contributed by atoms with Gasteiger partial charge in [0.1, 0.15) is 11.4 Å². The van der Waals surface area contributed by atoms with Gasteiger partial charge in [0.15, 0.2) is 5.82 Å². The van der Waals surface area contributed by atoms with E-state index in [-0.39, 0.29) is 11.7 Å². The zero-order chi connectivity index (χ0) is 15.6. The van der Waals surface area contributed by atoms with Gasteiger partial charge in [0.05, 0.1) is 5.69 Å². The minimum atomic E-state index is -0.981. The largest absolute Gasteiger partial charge is 0.396 e. The first-order valence-electron chi connectivity index (χ1n) is 7.18. The molecule has 1 unspecified atom stereocenters. The Balaban J connectivity index is 2.15. The van der Waals surface area contributed by atoms with Gasteiger partial charge in [-0.15, -0.1) is 0 Å². The van der Waals surface area contributed by atoms with Gasteiger partial charge in [0, 0.05) is 19.6 Å². The number of likely N-dealkylation sites (tertiary alicyclic amines) is 1. The number of benzene rings is 1. The van der Waals surface area contributed by atoms with Gasteiger partial charge in [0.25, 0.3) is 5.91 Å². The first-order valence-corrected chi connectivity index (χ1v) is 7.18. The molecule has 0 radical (unpaired) electrons.